The predicted molar refractivity (Wildman–Crippen MR) is 318 cm³/mol. The first kappa shape index (κ1) is 68.3. The number of anilines is 1. The van der Waals surface area contributed by atoms with Crippen LogP contribution in [0, 0.1) is 0 Å². The van der Waals surface area contributed by atoms with Gasteiger partial charge in [-0.1, -0.05) is 148 Å². The quantitative estimate of drug-likeness (QED) is 0.00935. The summed E-state index contributed by atoms with van der Waals surface area (Å²) in [5.41, 5.74) is 2.34. The zero-order valence-corrected chi connectivity index (χ0v) is 51.4. The number of unbranched alkanes of at least 4 members (excludes halogenated alkanes) is 20. The summed E-state index contributed by atoms with van der Waals surface area (Å²) in [6.45, 7) is 13.0. The fourth-order valence-electron chi connectivity index (χ4n) is 9.94. The van der Waals surface area contributed by atoms with Crippen LogP contribution in [0.3, 0.4) is 0 Å². The monoisotopic (exact) mass is 1180 g/mol. The van der Waals surface area contributed by atoms with Gasteiger partial charge in [-0.05, 0) is 70.9 Å². The third-order valence-electron chi connectivity index (χ3n) is 14.5. The molecule has 0 aromatic heterocycles. The largest absolute Gasteiger partial charge is 0.472 e. The first-order valence-electron chi connectivity index (χ1n) is 29.8. The molecule has 17 nitrogen and oxygen atoms in total. The van der Waals surface area contributed by atoms with Gasteiger partial charge in [0.25, 0.3) is 10.1 Å². The van der Waals surface area contributed by atoms with Crippen molar-refractivity contribution in [3.8, 4) is 22.5 Å². The van der Waals surface area contributed by atoms with Crippen molar-refractivity contribution in [3.05, 3.63) is 60.0 Å². The minimum Gasteiger partial charge on any atom is -0.462 e. The number of hydrogen-bond acceptors (Lipinski definition) is 13. The van der Waals surface area contributed by atoms with Gasteiger partial charge < -0.3 is 23.7 Å². The van der Waals surface area contributed by atoms with Gasteiger partial charge in [0, 0.05) is 72.4 Å². The van der Waals surface area contributed by atoms with E-state index in [1.807, 2.05) is 64.1 Å². The fraction of sp³-hybridized carbons (Fsp3) is 0.650. The highest BCUT2D eigenvalue weighted by Crippen LogP contribution is 2.45. The predicted octanol–water partition coefficient (Wildman–Crippen LogP) is 13.4. The Balaban J connectivity index is 1.46. The zero-order chi connectivity index (χ0) is 58.4. The number of sulfonamides is 1. The van der Waals surface area contributed by atoms with E-state index in [4.69, 9.17) is 22.9 Å². The maximum Gasteiger partial charge on any atom is 0.472 e. The van der Waals surface area contributed by atoms with Crippen molar-refractivity contribution < 1.29 is 63.4 Å². The maximum atomic E-state index is 14.4. The summed E-state index contributed by atoms with van der Waals surface area (Å²) in [5.74, 6) is -0.628. The Morgan fingerprint density at radius 1 is 0.650 bits per heavy atom. The zero-order valence-electron chi connectivity index (χ0n) is 48.9. The van der Waals surface area contributed by atoms with Gasteiger partial charge in [-0.25, -0.2) is 22.3 Å². The number of phosphoric ester groups is 1. The van der Waals surface area contributed by atoms with E-state index >= 15 is 0 Å². The Labute approximate surface area is 478 Å². The van der Waals surface area contributed by atoms with Crippen LogP contribution >= 0.6 is 7.82 Å². The molecule has 2 aromatic carbocycles. The van der Waals surface area contributed by atoms with Gasteiger partial charge in [0.2, 0.25) is 15.4 Å². The van der Waals surface area contributed by atoms with Crippen molar-refractivity contribution in [3.63, 3.8) is 0 Å². The van der Waals surface area contributed by atoms with E-state index in [-0.39, 0.29) is 18.4 Å². The molecule has 0 fully saturated rings. The number of hydrogen-bond donors (Lipinski definition) is 3. The standard InChI is InChI=1S/C60H94N3O14PS2/c1-7-13-15-17-19-21-23-25-27-29-31-33-58(64)73-46-50(76-59(65)34-32-30-28-26-24-22-20-18-16-14-8-2)47-75-78(66,67)74-42-41-61-79(68,69)57-45-51(80(70,71)72)37-40-54(57)60-52-38-35-48(62(9-3)10-4)43-55(52)77-56-44-49(36-39-53(56)60)63(11-5)12-6/h35-40,43-45,50,61H,7-34,41-42,46-47H2,1-6H3,(H-,66,67,70,71,72)/p+1. The van der Waals surface area contributed by atoms with E-state index in [1.54, 1.807) is 0 Å². The van der Waals surface area contributed by atoms with Gasteiger partial charge >= 0.3 is 19.8 Å². The first-order chi connectivity index (χ1) is 38.4. The summed E-state index contributed by atoms with van der Waals surface area (Å²) in [7, 11) is -14.6. The number of nitrogens with zero attached hydrogens (tertiary/aromatic N) is 2. The second kappa shape index (κ2) is 36.4. The molecule has 0 spiro atoms. The minimum absolute atomic E-state index is 0.0857. The molecule has 0 radical (unpaired) electrons. The third kappa shape index (κ3) is 23.6. The number of carbonyl (C=O) groups is 2. The number of benzene rings is 3. The van der Waals surface area contributed by atoms with Crippen LogP contribution in [-0.2, 0) is 52.8 Å². The molecule has 80 heavy (non-hydrogen) atoms. The lowest BCUT2D eigenvalue weighted by molar-refractivity contribution is -0.161. The molecular formula is C60H95N3O14PS2+. The first-order valence-corrected chi connectivity index (χ1v) is 34.3. The Kier molecular flexibility index (Phi) is 31.1. The lowest BCUT2D eigenvalue weighted by Gasteiger charge is -2.23. The summed E-state index contributed by atoms with van der Waals surface area (Å²) in [4.78, 5) is 37.5. The fourth-order valence-corrected chi connectivity index (χ4v) is 12.5. The molecule has 1 aliphatic heterocycles. The molecule has 20 heteroatoms. The highest BCUT2D eigenvalue weighted by atomic mass is 32.2. The molecular weight excluding hydrogens is 1080 g/mol. The normalized spacial score (nSPS) is 13.2. The topological polar surface area (TPSA) is 228 Å². The molecule has 3 N–H and O–H groups in total. The number of phosphoric acid groups is 1. The summed E-state index contributed by atoms with van der Waals surface area (Å²) in [6, 6.07) is 14.5. The molecule has 2 atom stereocenters. The highest BCUT2D eigenvalue weighted by molar-refractivity contribution is 7.89. The Bertz CT molecular complexity index is 2810. The van der Waals surface area contributed by atoms with Gasteiger partial charge in [0.05, 0.1) is 29.1 Å². The number of esters is 2. The molecule has 450 valence electrons. The van der Waals surface area contributed by atoms with Gasteiger partial charge in [-0.15, -0.1) is 0 Å². The smallest absolute Gasteiger partial charge is 0.462 e. The lowest BCUT2D eigenvalue weighted by atomic mass is 9.93. The van der Waals surface area contributed by atoms with Gasteiger partial charge in [0.15, 0.2) is 6.10 Å². The van der Waals surface area contributed by atoms with Gasteiger partial charge in [0.1, 0.15) is 31.0 Å². The second-order valence-electron chi connectivity index (χ2n) is 20.7. The van der Waals surface area contributed by atoms with E-state index in [1.165, 1.54) is 89.5 Å². The molecule has 0 bridgehead atoms. The van der Waals surface area contributed by atoms with E-state index in [2.05, 4.69) is 28.0 Å². The van der Waals surface area contributed by atoms with E-state index < -0.39 is 82.2 Å². The van der Waals surface area contributed by atoms with Crippen LogP contribution in [0.4, 0.5) is 5.69 Å². The number of nitrogens with one attached hydrogen (secondary N) is 1. The molecule has 2 aromatic rings. The molecule has 2 unspecified atom stereocenters. The summed E-state index contributed by atoms with van der Waals surface area (Å²) >= 11 is 0. The SMILES string of the molecule is CCCCCCCCCCCCCC(=O)OCC(COP(=O)(O)OCCNS(=O)(=O)c1cc(S(=O)(=O)O)ccc1-c1c2ccc(=[N+](CC)CC)cc-2oc2cc(N(CC)CC)ccc12)OC(=O)CCCCCCCCCCCCC. The van der Waals surface area contributed by atoms with Crippen LogP contribution in [0.25, 0.3) is 33.4 Å². The van der Waals surface area contributed by atoms with E-state index in [0.29, 0.717) is 66.9 Å². The van der Waals surface area contributed by atoms with Crippen LogP contribution in [0.1, 0.15) is 196 Å². The molecule has 1 heterocycles. The highest BCUT2D eigenvalue weighted by Gasteiger charge is 2.30. The minimum atomic E-state index is -4.95. The lowest BCUT2D eigenvalue weighted by Crippen LogP contribution is -2.30. The van der Waals surface area contributed by atoms with Crippen LogP contribution in [0.15, 0.2) is 68.8 Å². The van der Waals surface area contributed by atoms with Gasteiger partial charge in [-0.3, -0.25) is 23.2 Å². The molecule has 4 rings (SSSR count). The van der Waals surface area contributed by atoms with Crippen LogP contribution in [0.2, 0.25) is 0 Å². The number of ether oxygens (including phenoxy) is 2. The van der Waals surface area contributed by atoms with Crippen molar-refractivity contribution >= 4 is 56.6 Å². The molecule has 0 amide bonds. The number of fused-ring (bicyclic) bond motifs is 2. The van der Waals surface area contributed by atoms with E-state index in [0.717, 1.165) is 68.1 Å². The molecule has 2 aliphatic rings. The van der Waals surface area contributed by atoms with Crippen molar-refractivity contribution in [2.45, 2.75) is 212 Å². The maximum absolute atomic E-state index is 14.4. The van der Waals surface area contributed by atoms with E-state index in [9.17, 15) is 40.4 Å². The van der Waals surface area contributed by atoms with Crippen LogP contribution in [0.5, 0.6) is 0 Å². The number of rotatable bonds is 43. The second-order valence-corrected chi connectivity index (χ2v) is 25.3. The Hall–Kier alpha value is -4.20. The van der Waals surface area contributed by atoms with Crippen LogP contribution in [-0.4, -0.2) is 96.9 Å². The molecule has 0 saturated carbocycles. The number of carbonyl (C=O) groups excluding carboxylic acids is 2. The molecule has 1 aliphatic carbocycles. The Morgan fingerprint density at radius 2 is 1.19 bits per heavy atom. The van der Waals surface area contributed by atoms with Gasteiger partial charge in [-0.2, -0.15) is 8.42 Å². The third-order valence-corrected chi connectivity index (χ3v) is 17.9. The van der Waals surface area contributed by atoms with Crippen molar-refractivity contribution in [1.29, 1.82) is 0 Å². The van der Waals surface area contributed by atoms with Crippen LogP contribution < -0.4 is 19.6 Å². The summed E-state index contributed by atoms with van der Waals surface area (Å²) < 4.78 is 110. The molecule has 0 saturated heterocycles. The average molecular weight is 1180 g/mol. The van der Waals surface area contributed by atoms with Crippen molar-refractivity contribution in [1.82, 2.24) is 9.30 Å². The average Bonchev–Trinajstić information content (AvgIpc) is 3.57. The summed E-state index contributed by atoms with van der Waals surface area (Å²) in [6.07, 6.45) is 23.5. The Morgan fingerprint density at radius 3 is 1.73 bits per heavy atom. The summed E-state index contributed by atoms with van der Waals surface area (Å²) in [5, 5.41) is 1.40. The van der Waals surface area contributed by atoms with Crippen molar-refractivity contribution in [2.75, 3.05) is 57.4 Å². The van der Waals surface area contributed by atoms with Crippen molar-refractivity contribution in [2.24, 2.45) is 0 Å².